The number of unbranched alkanes of at least 4 members (excludes halogenated alkanes) is 11. The van der Waals surface area contributed by atoms with Gasteiger partial charge in [0.25, 0.3) is 0 Å². The van der Waals surface area contributed by atoms with Crippen LogP contribution in [-0.2, 0) is 9.47 Å². The molecule has 1 aliphatic rings. The van der Waals surface area contributed by atoms with Gasteiger partial charge in [-0.1, -0.05) is 83.5 Å². The number of hydrogen-bond acceptors (Lipinski definition) is 7. The number of carbonyl (C=O) groups excluding carboxylic acids is 1. The first kappa shape index (κ1) is 30.2. The first-order chi connectivity index (χ1) is 18.4. The van der Waals surface area contributed by atoms with Gasteiger partial charge in [0.1, 0.15) is 23.8 Å². The average molecular weight is 549 g/mol. The Morgan fingerprint density at radius 3 is 2.39 bits per heavy atom. The van der Waals surface area contributed by atoms with E-state index in [4.69, 9.17) is 27.5 Å². The van der Waals surface area contributed by atoms with E-state index in [9.17, 15) is 15.0 Å². The molecule has 0 aromatic carbocycles. The minimum atomic E-state index is -1.49. The Morgan fingerprint density at radius 2 is 1.82 bits per heavy atom. The lowest BCUT2D eigenvalue weighted by molar-refractivity contribution is -0.0890. The first-order valence-corrected chi connectivity index (χ1v) is 14.2. The van der Waals surface area contributed by atoms with E-state index in [1.54, 1.807) is 16.8 Å². The third-order valence-electron chi connectivity index (χ3n) is 7.10. The quantitative estimate of drug-likeness (QED) is 0.134. The van der Waals surface area contributed by atoms with Crippen LogP contribution in [0, 0.1) is 12.3 Å². The summed E-state index contributed by atoms with van der Waals surface area (Å²) in [5.41, 5.74) is -1.10. The molecule has 0 aliphatic carbocycles. The van der Waals surface area contributed by atoms with E-state index in [0.717, 1.165) is 19.3 Å². The van der Waals surface area contributed by atoms with Crippen molar-refractivity contribution in [1.82, 2.24) is 14.5 Å². The second kappa shape index (κ2) is 15.3. The van der Waals surface area contributed by atoms with Crippen molar-refractivity contribution in [2.75, 3.05) is 18.5 Å². The van der Waals surface area contributed by atoms with Gasteiger partial charge in [-0.2, -0.15) is 9.97 Å². The van der Waals surface area contributed by atoms with Crippen molar-refractivity contribution in [3.8, 4) is 12.3 Å². The van der Waals surface area contributed by atoms with E-state index in [2.05, 4.69) is 28.1 Å². The number of hydrogen-bond donors (Lipinski definition) is 3. The zero-order valence-corrected chi connectivity index (χ0v) is 23.1. The maximum absolute atomic E-state index is 12.4. The summed E-state index contributed by atoms with van der Waals surface area (Å²) in [7, 11) is 0. The molecule has 0 bridgehead atoms. The van der Waals surface area contributed by atoms with Crippen molar-refractivity contribution in [2.45, 2.75) is 108 Å². The van der Waals surface area contributed by atoms with Crippen LogP contribution in [0.3, 0.4) is 0 Å². The van der Waals surface area contributed by atoms with Crippen molar-refractivity contribution < 1.29 is 24.5 Å². The number of halogens is 1. The lowest BCUT2D eigenvalue weighted by Gasteiger charge is -2.23. The van der Waals surface area contributed by atoms with Crippen LogP contribution in [0.25, 0.3) is 11.0 Å². The van der Waals surface area contributed by atoms with Crippen molar-refractivity contribution in [1.29, 1.82) is 0 Å². The molecule has 3 N–H and O–H groups in total. The van der Waals surface area contributed by atoms with Crippen LogP contribution in [0.4, 0.5) is 10.6 Å². The SMILES string of the molecule is C#C[C@]1(CO)O[C@@H](n2ccc3c(NC(=O)OCCCCCCCCCCCCCC)nc(Cl)nc32)C[C@@H]1O. The average Bonchev–Trinajstić information content (AvgIpc) is 3.47. The molecule has 1 aliphatic heterocycles. The van der Waals surface area contributed by atoms with Gasteiger partial charge in [0, 0.05) is 12.6 Å². The smallest absolute Gasteiger partial charge is 0.412 e. The molecule has 0 saturated carbocycles. The molecule has 1 fully saturated rings. The molecular weight excluding hydrogens is 508 g/mol. The van der Waals surface area contributed by atoms with Crippen molar-refractivity contribution in [2.24, 2.45) is 0 Å². The van der Waals surface area contributed by atoms with E-state index >= 15 is 0 Å². The number of aliphatic hydroxyl groups excluding tert-OH is 2. The van der Waals surface area contributed by atoms with Crippen molar-refractivity contribution >= 4 is 34.5 Å². The summed E-state index contributed by atoms with van der Waals surface area (Å²) in [6.45, 7) is 2.05. The van der Waals surface area contributed by atoms with Crippen molar-refractivity contribution in [3.05, 3.63) is 17.5 Å². The number of carbonyl (C=O) groups is 1. The van der Waals surface area contributed by atoms with Crippen molar-refractivity contribution in [3.63, 3.8) is 0 Å². The summed E-state index contributed by atoms with van der Waals surface area (Å²) in [6, 6.07) is 1.71. The van der Waals surface area contributed by atoms with Gasteiger partial charge in [-0.05, 0) is 24.1 Å². The highest BCUT2D eigenvalue weighted by Crippen LogP contribution is 2.38. The fraction of sp³-hybridized carbons (Fsp3) is 0.679. The Balaban J connectivity index is 1.41. The molecule has 2 aromatic heterocycles. The fourth-order valence-corrected chi connectivity index (χ4v) is 4.98. The zero-order chi connectivity index (χ0) is 27.4. The number of nitrogens with one attached hydrogen (secondary N) is 1. The highest BCUT2D eigenvalue weighted by molar-refractivity contribution is 6.28. The van der Waals surface area contributed by atoms with Crippen LogP contribution in [0.15, 0.2) is 12.3 Å². The molecule has 0 radical (unpaired) electrons. The molecule has 1 amide bonds. The van der Waals surface area contributed by atoms with Gasteiger partial charge in [-0.25, -0.2) is 4.79 Å². The molecule has 9 nitrogen and oxygen atoms in total. The Labute approximate surface area is 230 Å². The van der Waals surface area contributed by atoms with Crippen LogP contribution in [0.1, 0.15) is 96.6 Å². The third kappa shape index (κ3) is 8.06. The number of amides is 1. The molecular formula is C28H41ClN4O5. The lowest BCUT2D eigenvalue weighted by atomic mass is 9.99. The summed E-state index contributed by atoms with van der Waals surface area (Å²) in [5, 5.41) is 23.1. The molecule has 3 heterocycles. The van der Waals surface area contributed by atoms with E-state index in [1.807, 2.05) is 0 Å². The number of aliphatic hydroxyl groups is 2. The predicted molar refractivity (Wildman–Crippen MR) is 148 cm³/mol. The van der Waals surface area contributed by atoms with Crippen LogP contribution in [0.2, 0.25) is 5.28 Å². The number of aromatic nitrogens is 3. The van der Waals surface area contributed by atoms with Crippen LogP contribution >= 0.6 is 11.6 Å². The number of fused-ring (bicyclic) bond motifs is 1. The van der Waals surface area contributed by atoms with Gasteiger partial charge in [0.05, 0.1) is 18.6 Å². The number of ether oxygens (including phenoxy) is 2. The highest BCUT2D eigenvalue weighted by atomic mass is 35.5. The summed E-state index contributed by atoms with van der Waals surface area (Å²) < 4.78 is 12.8. The Morgan fingerprint density at radius 1 is 1.18 bits per heavy atom. The lowest BCUT2D eigenvalue weighted by Crippen LogP contribution is -2.41. The number of anilines is 1. The van der Waals surface area contributed by atoms with E-state index in [-0.39, 0.29) is 17.5 Å². The van der Waals surface area contributed by atoms with Crippen LogP contribution < -0.4 is 5.32 Å². The molecule has 10 heteroatoms. The molecule has 1 saturated heterocycles. The summed E-state index contributed by atoms with van der Waals surface area (Å²) >= 11 is 6.13. The van der Waals surface area contributed by atoms with Gasteiger partial charge >= 0.3 is 6.09 Å². The summed E-state index contributed by atoms with van der Waals surface area (Å²) in [4.78, 5) is 20.8. The Hall–Kier alpha value is -2.38. The largest absolute Gasteiger partial charge is 0.449 e. The maximum atomic E-state index is 12.4. The molecule has 0 unspecified atom stereocenters. The van der Waals surface area contributed by atoms with Crippen LogP contribution in [-0.4, -0.2) is 55.8 Å². The summed E-state index contributed by atoms with van der Waals surface area (Å²) in [5.74, 6) is 2.56. The second-order valence-corrected chi connectivity index (χ2v) is 10.3. The second-order valence-electron chi connectivity index (χ2n) is 9.97. The van der Waals surface area contributed by atoms with Gasteiger partial charge in [-0.15, -0.1) is 6.42 Å². The standard InChI is InChI=1S/C28H41ClN4O5/c1-3-5-6-7-8-9-10-11-12-13-14-15-18-37-27(36)31-24-21-16-17-33(25(21)32-26(29)30-24)23-19-22(35)28(4-2,20-34)38-23/h2,16-17,22-23,34-35H,3,5-15,18-20H2,1H3,(H,30,31,32,36)/t22-,23+,28+/m0/s1. The zero-order valence-electron chi connectivity index (χ0n) is 22.3. The topological polar surface area (TPSA) is 119 Å². The number of nitrogens with zero attached hydrogens (tertiary/aromatic N) is 3. The molecule has 38 heavy (non-hydrogen) atoms. The minimum absolute atomic E-state index is 0.0716. The van der Waals surface area contributed by atoms with E-state index in [0.29, 0.717) is 17.6 Å². The maximum Gasteiger partial charge on any atom is 0.412 e. The van der Waals surface area contributed by atoms with Gasteiger partial charge < -0.3 is 24.3 Å². The molecule has 2 aromatic rings. The molecule has 210 valence electrons. The number of rotatable bonds is 16. The van der Waals surface area contributed by atoms with E-state index in [1.165, 1.54) is 57.8 Å². The Kier molecular flexibility index (Phi) is 12.1. The predicted octanol–water partition coefficient (Wildman–Crippen LogP) is 5.98. The Bertz CT molecular complexity index is 1070. The molecule has 0 spiro atoms. The molecule has 3 rings (SSSR count). The van der Waals surface area contributed by atoms with Gasteiger partial charge in [-0.3, -0.25) is 5.32 Å². The number of terminal acetylenes is 1. The summed E-state index contributed by atoms with van der Waals surface area (Å²) in [6.07, 6.45) is 19.8. The molecule has 3 atom stereocenters. The first-order valence-electron chi connectivity index (χ1n) is 13.9. The van der Waals surface area contributed by atoms with E-state index < -0.39 is 30.6 Å². The third-order valence-corrected chi connectivity index (χ3v) is 7.26. The van der Waals surface area contributed by atoms with Crippen LogP contribution in [0.5, 0.6) is 0 Å². The fourth-order valence-electron chi connectivity index (χ4n) is 4.81. The normalized spacial score (nSPS) is 21.0. The highest BCUT2D eigenvalue weighted by Gasteiger charge is 2.47. The monoisotopic (exact) mass is 548 g/mol. The van der Waals surface area contributed by atoms with Gasteiger partial charge in [0.2, 0.25) is 5.28 Å². The minimum Gasteiger partial charge on any atom is -0.449 e. The van der Waals surface area contributed by atoms with Gasteiger partial charge in [0.15, 0.2) is 5.60 Å².